The van der Waals surface area contributed by atoms with Crippen LogP contribution in [-0.2, 0) is 0 Å². The molecule has 2 aromatic rings. The Morgan fingerprint density at radius 1 is 1.36 bits per heavy atom. The SMILES string of the molecule is Cc1cc(S)cc(-n2cnc(N)n2)c1. The Morgan fingerprint density at radius 2 is 2.14 bits per heavy atom. The number of thiol groups is 1. The number of hydrogen-bond acceptors (Lipinski definition) is 4. The third-order valence-corrected chi connectivity index (χ3v) is 2.08. The summed E-state index contributed by atoms with van der Waals surface area (Å²) in [6.07, 6.45) is 1.58. The zero-order valence-corrected chi connectivity index (χ0v) is 8.57. The fourth-order valence-corrected chi connectivity index (χ4v) is 1.61. The molecule has 0 fully saturated rings. The predicted molar refractivity (Wildman–Crippen MR) is 57.8 cm³/mol. The minimum Gasteiger partial charge on any atom is -0.366 e. The Bertz CT molecular complexity index is 443. The van der Waals surface area contributed by atoms with Crippen molar-refractivity contribution >= 4 is 18.6 Å². The molecule has 14 heavy (non-hydrogen) atoms. The number of nitrogens with two attached hydrogens (primary N) is 1. The summed E-state index contributed by atoms with van der Waals surface area (Å²) in [5, 5.41) is 4.01. The highest BCUT2D eigenvalue weighted by Crippen LogP contribution is 2.15. The van der Waals surface area contributed by atoms with E-state index in [0.717, 1.165) is 16.1 Å². The lowest BCUT2D eigenvalue weighted by Gasteiger charge is -2.02. The molecule has 1 heterocycles. The molecule has 4 nitrogen and oxygen atoms in total. The first-order chi connectivity index (χ1) is 6.65. The van der Waals surface area contributed by atoms with E-state index in [-0.39, 0.29) is 5.95 Å². The second-order valence-corrected chi connectivity index (χ2v) is 3.59. The Labute approximate surface area is 87.2 Å². The average molecular weight is 206 g/mol. The van der Waals surface area contributed by atoms with Gasteiger partial charge in [0, 0.05) is 4.90 Å². The van der Waals surface area contributed by atoms with Gasteiger partial charge >= 0.3 is 0 Å². The molecule has 0 aliphatic carbocycles. The highest BCUT2D eigenvalue weighted by Gasteiger charge is 2.01. The van der Waals surface area contributed by atoms with Gasteiger partial charge in [0.25, 0.3) is 0 Å². The van der Waals surface area contributed by atoms with Crippen molar-refractivity contribution < 1.29 is 0 Å². The molecule has 0 bridgehead atoms. The quantitative estimate of drug-likeness (QED) is 0.694. The highest BCUT2D eigenvalue weighted by atomic mass is 32.1. The second kappa shape index (κ2) is 3.34. The number of nitrogen functional groups attached to an aromatic ring is 1. The molecule has 0 amide bonds. The monoisotopic (exact) mass is 206 g/mol. The van der Waals surface area contributed by atoms with Crippen molar-refractivity contribution in [2.24, 2.45) is 0 Å². The molecule has 1 aromatic carbocycles. The van der Waals surface area contributed by atoms with Crippen LogP contribution in [-0.4, -0.2) is 14.8 Å². The van der Waals surface area contributed by atoms with Crippen LogP contribution in [0.1, 0.15) is 5.56 Å². The van der Waals surface area contributed by atoms with Gasteiger partial charge in [-0.25, -0.2) is 9.67 Å². The lowest BCUT2D eigenvalue weighted by molar-refractivity contribution is 0.878. The Balaban J connectivity index is 2.51. The first-order valence-corrected chi connectivity index (χ1v) is 4.58. The third kappa shape index (κ3) is 1.72. The summed E-state index contributed by atoms with van der Waals surface area (Å²) >= 11 is 4.29. The molecule has 0 spiro atoms. The maximum atomic E-state index is 5.43. The van der Waals surface area contributed by atoms with Crippen LogP contribution in [0.15, 0.2) is 29.4 Å². The molecular weight excluding hydrogens is 196 g/mol. The van der Waals surface area contributed by atoms with Crippen molar-refractivity contribution in [2.45, 2.75) is 11.8 Å². The van der Waals surface area contributed by atoms with Gasteiger partial charge in [-0.15, -0.1) is 17.7 Å². The molecule has 0 saturated carbocycles. The van der Waals surface area contributed by atoms with Crippen LogP contribution in [0.5, 0.6) is 0 Å². The summed E-state index contributed by atoms with van der Waals surface area (Å²) in [7, 11) is 0. The van der Waals surface area contributed by atoms with Crippen LogP contribution in [0, 0.1) is 6.92 Å². The van der Waals surface area contributed by atoms with Crippen LogP contribution in [0.3, 0.4) is 0 Å². The third-order valence-electron chi connectivity index (χ3n) is 1.82. The smallest absolute Gasteiger partial charge is 0.239 e. The summed E-state index contributed by atoms with van der Waals surface area (Å²) in [5.74, 6) is 0.271. The zero-order valence-electron chi connectivity index (χ0n) is 7.68. The van der Waals surface area contributed by atoms with Crippen molar-refractivity contribution in [3.05, 3.63) is 30.1 Å². The first kappa shape index (κ1) is 9.08. The van der Waals surface area contributed by atoms with Gasteiger partial charge in [-0.1, -0.05) is 0 Å². The van der Waals surface area contributed by atoms with E-state index in [1.807, 2.05) is 25.1 Å². The molecule has 0 aliphatic rings. The molecule has 0 atom stereocenters. The Morgan fingerprint density at radius 3 is 2.71 bits per heavy atom. The Hall–Kier alpha value is -1.49. The summed E-state index contributed by atoms with van der Waals surface area (Å²) < 4.78 is 1.63. The van der Waals surface area contributed by atoms with Crippen molar-refractivity contribution in [1.29, 1.82) is 0 Å². The normalized spacial score (nSPS) is 10.4. The zero-order chi connectivity index (χ0) is 10.1. The van der Waals surface area contributed by atoms with Crippen molar-refractivity contribution in [2.75, 3.05) is 5.73 Å². The molecule has 0 radical (unpaired) electrons. The van der Waals surface area contributed by atoms with E-state index >= 15 is 0 Å². The van der Waals surface area contributed by atoms with E-state index in [1.54, 1.807) is 11.0 Å². The molecule has 72 valence electrons. The molecule has 0 unspecified atom stereocenters. The maximum absolute atomic E-state index is 5.43. The van der Waals surface area contributed by atoms with E-state index in [2.05, 4.69) is 22.7 Å². The number of nitrogens with zero attached hydrogens (tertiary/aromatic N) is 3. The minimum absolute atomic E-state index is 0.271. The molecule has 5 heteroatoms. The van der Waals surface area contributed by atoms with Crippen LogP contribution in [0.2, 0.25) is 0 Å². The van der Waals surface area contributed by atoms with Gasteiger partial charge in [-0.05, 0) is 30.7 Å². The van der Waals surface area contributed by atoms with Crippen LogP contribution >= 0.6 is 12.6 Å². The van der Waals surface area contributed by atoms with Crippen LogP contribution < -0.4 is 5.73 Å². The standard InChI is InChI=1S/C9H10N4S/c1-6-2-7(4-8(14)3-6)13-5-11-9(10)12-13/h2-5,14H,1H3,(H2,10,12). The van der Waals surface area contributed by atoms with E-state index in [9.17, 15) is 0 Å². The van der Waals surface area contributed by atoms with Crippen molar-refractivity contribution in [3.63, 3.8) is 0 Å². The molecular formula is C9H10N4S. The number of benzene rings is 1. The van der Waals surface area contributed by atoms with Gasteiger partial charge in [0.2, 0.25) is 5.95 Å². The summed E-state index contributed by atoms with van der Waals surface area (Å²) in [4.78, 5) is 4.75. The number of hydrogen-bond donors (Lipinski definition) is 2. The number of rotatable bonds is 1. The van der Waals surface area contributed by atoms with Crippen molar-refractivity contribution in [1.82, 2.24) is 14.8 Å². The van der Waals surface area contributed by atoms with Gasteiger partial charge < -0.3 is 5.73 Å². The van der Waals surface area contributed by atoms with Crippen LogP contribution in [0.25, 0.3) is 5.69 Å². The van der Waals surface area contributed by atoms with E-state index in [1.165, 1.54) is 0 Å². The predicted octanol–water partition coefficient (Wildman–Crippen LogP) is 1.45. The van der Waals surface area contributed by atoms with E-state index in [4.69, 9.17) is 5.73 Å². The largest absolute Gasteiger partial charge is 0.366 e. The van der Waals surface area contributed by atoms with Gasteiger partial charge in [-0.3, -0.25) is 0 Å². The van der Waals surface area contributed by atoms with E-state index < -0.39 is 0 Å². The molecule has 2 rings (SSSR count). The lowest BCUT2D eigenvalue weighted by atomic mass is 10.2. The van der Waals surface area contributed by atoms with Gasteiger partial charge in [0.1, 0.15) is 6.33 Å². The van der Waals surface area contributed by atoms with Crippen molar-refractivity contribution in [3.8, 4) is 5.69 Å². The molecule has 2 N–H and O–H groups in total. The Kier molecular flexibility index (Phi) is 2.17. The molecule has 0 saturated heterocycles. The molecule has 0 aliphatic heterocycles. The number of aromatic nitrogens is 3. The fourth-order valence-electron chi connectivity index (χ4n) is 1.28. The van der Waals surface area contributed by atoms with Gasteiger partial charge in [-0.2, -0.15) is 0 Å². The van der Waals surface area contributed by atoms with Crippen LogP contribution in [0.4, 0.5) is 5.95 Å². The number of aryl methyl sites for hydroxylation is 1. The molecule has 1 aromatic heterocycles. The van der Waals surface area contributed by atoms with Gasteiger partial charge in [0.05, 0.1) is 5.69 Å². The summed E-state index contributed by atoms with van der Waals surface area (Å²) in [5.41, 5.74) is 7.47. The van der Waals surface area contributed by atoms with Gasteiger partial charge in [0.15, 0.2) is 0 Å². The van der Waals surface area contributed by atoms with E-state index in [0.29, 0.717) is 0 Å². The second-order valence-electron chi connectivity index (χ2n) is 3.07. The number of anilines is 1. The lowest BCUT2D eigenvalue weighted by Crippen LogP contribution is -1.96. The maximum Gasteiger partial charge on any atom is 0.239 e. The highest BCUT2D eigenvalue weighted by molar-refractivity contribution is 7.80. The summed E-state index contributed by atoms with van der Waals surface area (Å²) in [6.45, 7) is 2.00. The average Bonchev–Trinajstić information content (AvgIpc) is 2.50. The topological polar surface area (TPSA) is 56.7 Å². The first-order valence-electron chi connectivity index (χ1n) is 4.13. The summed E-state index contributed by atoms with van der Waals surface area (Å²) in [6, 6.07) is 5.88. The minimum atomic E-state index is 0.271. The fraction of sp³-hybridized carbons (Fsp3) is 0.111.